The summed E-state index contributed by atoms with van der Waals surface area (Å²) < 4.78 is 0. The quantitative estimate of drug-likeness (QED) is 0.801. The first-order chi connectivity index (χ1) is 12.6. The molecule has 0 saturated carbocycles. The lowest BCUT2D eigenvalue weighted by Gasteiger charge is -2.43. The molecule has 0 aromatic heterocycles. The van der Waals surface area contributed by atoms with E-state index in [-0.39, 0.29) is 23.9 Å². The van der Waals surface area contributed by atoms with Gasteiger partial charge in [0.15, 0.2) is 0 Å². The molecule has 0 radical (unpaired) electrons. The predicted molar refractivity (Wildman–Crippen MR) is 105 cm³/mol. The van der Waals surface area contributed by atoms with Crippen molar-refractivity contribution in [2.75, 3.05) is 9.80 Å². The molecule has 136 valence electrons. The Hall–Kier alpha value is -2.62. The molecule has 2 atom stereocenters. The lowest BCUT2D eigenvalue weighted by molar-refractivity contribution is -0.119. The van der Waals surface area contributed by atoms with Crippen molar-refractivity contribution in [2.24, 2.45) is 0 Å². The molecule has 0 aliphatic carbocycles. The molecule has 0 unspecified atom stereocenters. The zero-order valence-electron chi connectivity index (χ0n) is 15.7. The van der Waals surface area contributed by atoms with Crippen LogP contribution in [-0.2, 0) is 9.59 Å². The second-order valence-electron chi connectivity index (χ2n) is 6.73. The van der Waals surface area contributed by atoms with Gasteiger partial charge in [-0.1, -0.05) is 50.2 Å². The Morgan fingerprint density at radius 3 is 2.31 bits per heavy atom. The van der Waals surface area contributed by atoms with Crippen LogP contribution in [0.25, 0.3) is 0 Å². The van der Waals surface area contributed by atoms with Crippen molar-refractivity contribution in [3.63, 3.8) is 0 Å². The van der Waals surface area contributed by atoms with Crippen molar-refractivity contribution in [1.82, 2.24) is 0 Å². The standard InChI is InChI=1S/C22H26N2O2/c1-4-21(25)23-16(3)15-20(18-13-9-10-14-19(18)23)24(22(26)5-2)17-11-7-6-8-12-17/h6-14,16,20H,4-5,15H2,1-3H3/t16-,20-/m1/s1. The van der Waals surface area contributed by atoms with Gasteiger partial charge < -0.3 is 9.80 Å². The van der Waals surface area contributed by atoms with Crippen LogP contribution in [-0.4, -0.2) is 17.9 Å². The minimum atomic E-state index is -0.0723. The van der Waals surface area contributed by atoms with Crippen molar-refractivity contribution in [1.29, 1.82) is 0 Å². The maximum Gasteiger partial charge on any atom is 0.227 e. The first-order valence-electron chi connectivity index (χ1n) is 9.36. The first kappa shape index (κ1) is 18.2. The number of carbonyl (C=O) groups excluding carboxylic acids is 2. The molecule has 4 heteroatoms. The molecule has 2 aromatic carbocycles. The second-order valence-corrected chi connectivity index (χ2v) is 6.73. The summed E-state index contributed by atoms with van der Waals surface area (Å²) in [6, 6.07) is 17.8. The van der Waals surface area contributed by atoms with Gasteiger partial charge in [0, 0.05) is 30.3 Å². The third-order valence-corrected chi connectivity index (χ3v) is 5.05. The Morgan fingerprint density at radius 2 is 1.65 bits per heavy atom. The van der Waals surface area contributed by atoms with Gasteiger partial charge in [0.2, 0.25) is 11.8 Å². The molecular weight excluding hydrogens is 324 g/mol. The fourth-order valence-electron chi connectivity index (χ4n) is 3.83. The summed E-state index contributed by atoms with van der Waals surface area (Å²) in [4.78, 5) is 29.2. The zero-order valence-corrected chi connectivity index (χ0v) is 15.7. The molecule has 0 N–H and O–H groups in total. The van der Waals surface area contributed by atoms with E-state index in [1.54, 1.807) is 0 Å². The van der Waals surface area contributed by atoms with Crippen LogP contribution in [0.3, 0.4) is 0 Å². The summed E-state index contributed by atoms with van der Waals surface area (Å²) in [6.07, 6.45) is 1.64. The highest BCUT2D eigenvalue weighted by molar-refractivity contribution is 5.97. The number of fused-ring (bicyclic) bond motifs is 1. The minimum Gasteiger partial charge on any atom is -0.309 e. The number of hydrogen-bond acceptors (Lipinski definition) is 2. The molecular formula is C22H26N2O2. The van der Waals surface area contributed by atoms with Crippen LogP contribution < -0.4 is 9.80 Å². The van der Waals surface area contributed by atoms with Gasteiger partial charge in [-0.05, 0) is 37.1 Å². The number of carbonyl (C=O) groups is 2. The van der Waals surface area contributed by atoms with E-state index in [0.29, 0.717) is 12.8 Å². The highest BCUT2D eigenvalue weighted by atomic mass is 16.2. The normalized spacial score (nSPS) is 19.0. The molecule has 4 nitrogen and oxygen atoms in total. The minimum absolute atomic E-state index is 0.0400. The molecule has 0 saturated heterocycles. The lowest BCUT2D eigenvalue weighted by atomic mass is 9.89. The third-order valence-electron chi connectivity index (χ3n) is 5.05. The van der Waals surface area contributed by atoms with E-state index in [0.717, 1.165) is 23.4 Å². The average Bonchev–Trinajstić information content (AvgIpc) is 2.68. The van der Waals surface area contributed by atoms with Crippen molar-refractivity contribution >= 4 is 23.2 Å². The Bertz CT molecular complexity index is 788. The topological polar surface area (TPSA) is 40.6 Å². The van der Waals surface area contributed by atoms with Crippen LogP contribution in [0.2, 0.25) is 0 Å². The molecule has 3 rings (SSSR count). The number of rotatable bonds is 4. The van der Waals surface area contributed by atoms with Gasteiger partial charge in [0.05, 0.1) is 6.04 Å². The Balaban J connectivity index is 2.11. The van der Waals surface area contributed by atoms with Crippen molar-refractivity contribution in [3.8, 4) is 0 Å². The van der Waals surface area contributed by atoms with Crippen LogP contribution in [0.4, 0.5) is 11.4 Å². The number of amides is 2. The van der Waals surface area contributed by atoms with E-state index in [1.807, 2.05) is 78.2 Å². The monoisotopic (exact) mass is 350 g/mol. The first-order valence-corrected chi connectivity index (χ1v) is 9.36. The maximum absolute atomic E-state index is 12.8. The molecule has 2 amide bonds. The van der Waals surface area contributed by atoms with Crippen molar-refractivity contribution in [2.45, 2.75) is 52.1 Å². The average molecular weight is 350 g/mol. The number of benzene rings is 2. The van der Waals surface area contributed by atoms with Crippen LogP contribution >= 0.6 is 0 Å². The molecule has 26 heavy (non-hydrogen) atoms. The largest absolute Gasteiger partial charge is 0.309 e. The Kier molecular flexibility index (Phi) is 5.40. The van der Waals surface area contributed by atoms with Gasteiger partial charge in [-0.15, -0.1) is 0 Å². The van der Waals surface area contributed by atoms with E-state index in [4.69, 9.17) is 0 Å². The van der Waals surface area contributed by atoms with Crippen LogP contribution in [0.15, 0.2) is 54.6 Å². The van der Waals surface area contributed by atoms with Gasteiger partial charge in [0.1, 0.15) is 0 Å². The van der Waals surface area contributed by atoms with Crippen molar-refractivity contribution in [3.05, 3.63) is 60.2 Å². The van der Waals surface area contributed by atoms with Crippen molar-refractivity contribution < 1.29 is 9.59 Å². The van der Waals surface area contributed by atoms with Crippen LogP contribution in [0.1, 0.15) is 51.6 Å². The van der Waals surface area contributed by atoms with Gasteiger partial charge in [-0.3, -0.25) is 9.59 Å². The van der Waals surface area contributed by atoms with E-state index in [9.17, 15) is 9.59 Å². The summed E-state index contributed by atoms with van der Waals surface area (Å²) >= 11 is 0. The fourth-order valence-corrected chi connectivity index (χ4v) is 3.83. The summed E-state index contributed by atoms with van der Waals surface area (Å²) in [7, 11) is 0. The van der Waals surface area contributed by atoms with E-state index >= 15 is 0 Å². The number of hydrogen-bond donors (Lipinski definition) is 0. The Morgan fingerprint density at radius 1 is 1.00 bits per heavy atom. The molecule has 0 spiro atoms. The molecule has 1 heterocycles. The lowest BCUT2D eigenvalue weighted by Crippen LogP contribution is -2.47. The van der Waals surface area contributed by atoms with Crippen LogP contribution in [0, 0.1) is 0 Å². The molecule has 1 aliphatic heterocycles. The van der Waals surface area contributed by atoms with Gasteiger partial charge >= 0.3 is 0 Å². The highest BCUT2D eigenvalue weighted by Crippen LogP contribution is 2.42. The summed E-state index contributed by atoms with van der Waals surface area (Å²) in [6.45, 7) is 5.85. The van der Waals surface area contributed by atoms with Crippen LogP contribution in [0.5, 0.6) is 0 Å². The van der Waals surface area contributed by atoms with E-state index in [2.05, 4.69) is 6.92 Å². The maximum atomic E-state index is 12.8. The SMILES string of the molecule is CCC(=O)N1c2ccccc2[C@H](N(C(=O)CC)c2ccccc2)C[C@H]1C. The van der Waals surface area contributed by atoms with Gasteiger partial charge in [-0.25, -0.2) is 0 Å². The summed E-state index contributed by atoms with van der Waals surface area (Å²) in [5.41, 5.74) is 2.87. The fraction of sp³-hybridized carbons (Fsp3) is 0.364. The molecule has 0 fully saturated rings. The zero-order chi connectivity index (χ0) is 18.7. The third kappa shape index (κ3) is 3.24. The van der Waals surface area contributed by atoms with Gasteiger partial charge in [0.25, 0.3) is 0 Å². The summed E-state index contributed by atoms with van der Waals surface area (Å²) in [5.74, 6) is 0.218. The number of para-hydroxylation sites is 2. The number of anilines is 2. The van der Waals surface area contributed by atoms with E-state index in [1.165, 1.54) is 0 Å². The Labute approximate surface area is 155 Å². The molecule has 1 aliphatic rings. The predicted octanol–water partition coefficient (Wildman–Crippen LogP) is 4.71. The summed E-state index contributed by atoms with van der Waals surface area (Å²) in [5, 5.41) is 0. The molecule has 0 bridgehead atoms. The van der Waals surface area contributed by atoms with Gasteiger partial charge in [-0.2, -0.15) is 0 Å². The highest BCUT2D eigenvalue weighted by Gasteiger charge is 2.37. The molecule has 2 aromatic rings. The second kappa shape index (κ2) is 7.73. The smallest absolute Gasteiger partial charge is 0.227 e. The number of nitrogens with zero attached hydrogens (tertiary/aromatic N) is 2. The van der Waals surface area contributed by atoms with E-state index < -0.39 is 0 Å².